The molecular weight excluding hydrogens is 646 g/mol. The lowest BCUT2D eigenvalue weighted by Gasteiger charge is -2.54. The fourth-order valence-corrected chi connectivity index (χ4v) is 7.05. The third-order valence-corrected chi connectivity index (χ3v) is 10.1. The van der Waals surface area contributed by atoms with Crippen molar-refractivity contribution in [3.63, 3.8) is 0 Å². The summed E-state index contributed by atoms with van der Waals surface area (Å²) in [6.07, 6.45) is 4.34. The van der Waals surface area contributed by atoms with Gasteiger partial charge in [-0.25, -0.2) is 0 Å². The monoisotopic (exact) mass is 703 g/mol. The largest absolute Gasteiger partial charge is 0.343 e. The summed E-state index contributed by atoms with van der Waals surface area (Å²) in [5, 5.41) is 8.73. The molecule has 7 N–H and O–H groups in total. The first-order valence-corrected chi connectivity index (χ1v) is 18.4. The first-order chi connectivity index (χ1) is 24.4. The van der Waals surface area contributed by atoms with Crippen LogP contribution in [0.3, 0.4) is 0 Å². The van der Waals surface area contributed by atoms with Crippen molar-refractivity contribution >= 4 is 29.5 Å². The standard InChI is InChI=1S/C39H57N7O5/c1-27(2)22-33(36(49)42-32(16-10-11-19-40)38(51)46-25-39(26-46)17-20-45(21-18-39)28(3)47)44-37(50)34(24-30-14-8-5-9-15-30)43-35(48)31(41)23-29-12-6-4-7-13-29/h4-9,12-15,27,31-34H,10-11,16-26,40-41H2,1-3H3,(H,42,49)(H,43,48)(H,44,50)/t31-,32-,33?,34-/m1/s1. The molecule has 0 aliphatic carbocycles. The van der Waals surface area contributed by atoms with Gasteiger partial charge >= 0.3 is 0 Å². The minimum absolute atomic E-state index is 0.00339. The Morgan fingerprint density at radius 2 is 1.25 bits per heavy atom. The van der Waals surface area contributed by atoms with Crippen molar-refractivity contribution in [3.8, 4) is 0 Å². The van der Waals surface area contributed by atoms with E-state index >= 15 is 0 Å². The molecule has 2 heterocycles. The van der Waals surface area contributed by atoms with Gasteiger partial charge in [0.1, 0.15) is 18.1 Å². The number of nitrogens with zero attached hydrogens (tertiary/aromatic N) is 2. The van der Waals surface area contributed by atoms with Crippen LogP contribution in [-0.2, 0) is 36.8 Å². The maximum absolute atomic E-state index is 13.9. The smallest absolute Gasteiger partial charge is 0.245 e. The Kier molecular flexibility index (Phi) is 14.6. The predicted octanol–water partition coefficient (Wildman–Crippen LogP) is 1.90. The van der Waals surface area contributed by atoms with Crippen LogP contribution in [0.25, 0.3) is 0 Å². The Morgan fingerprint density at radius 3 is 1.80 bits per heavy atom. The van der Waals surface area contributed by atoms with Crippen LogP contribution in [0.4, 0.5) is 0 Å². The van der Waals surface area contributed by atoms with E-state index in [-0.39, 0.29) is 29.6 Å². The van der Waals surface area contributed by atoms with E-state index in [4.69, 9.17) is 11.5 Å². The summed E-state index contributed by atoms with van der Waals surface area (Å²) in [5.41, 5.74) is 13.8. The number of nitrogens with two attached hydrogens (primary N) is 2. The second-order valence-electron chi connectivity index (χ2n) is 14.8. The molecule has 4 rings (SSSR count). The first-order valence-electron chi connectivity index (χ1n) is 18.4. The van der Waals surface area contributed by atoms with E-state index in [2.05, 4.69) is 16.0 Å². The minimum atomic E-state index is -0.988. The fraction of sp³-hybridized carbons (Fsp3) is 0.564. The number of carbonyl (C=O) groups is 5. The zero-order valence-electron chi connectivity index (χ0n) is 30.4. The Morgan fingerprint density at radius 1 is 0.725 bits per heavy atom. The van der Waals surface area contributed by atoms with Crippen LogP contribution in [0.5, 0.6) is 0 Å². The summed E-state index contributed by atoms with van der Waals surface area (Å²) in [7, 11) is 0. The van der Waals surface area contributed by atoms with Crippen LogP contribution >= 0.6 is 0 Å². The summed E-state index contributed by atoms with van der Waals surface area (Å²) in [5.74, 6) is -1.44. The van der Waals surface area contributed by atoms with Gasteiger partial charge in [-0.15, -0.1) is 0 Å². The highest BCUT2D eigenvalue weighted by atomic mass is 16.2. The van der Waals surface area contributed by atoms with Crippen molar-refractivity contribution < 1.29 is 24.0 Å². The number of unbranched alkanes of at least 4 members (excludes halogenated alkanes) is 1. The van der Waals surface area contributed by atoms with E-state index in [9.17, 15) is 24.0 Å². The lowest BCUT2D eigenvalue weighted by Crippen LogP contribution is -2.65. The number of benzene rings is 2. The van der Waals surface area contributed by atoms with Crippen molar-refractivity contribution in [2.75, 3.05) is 32.7 Å². The molecule has 12 nitrogen and oxygen atoms in total. The molecular formula is C39H57N7O5. The Hall–Kier alpha value is -4.29. The molecule has 0 radical (unpaired) electrons. The van der Waals surface area contributed by atoms with Crippen molar-refractivity contribution in [2.45, 2.75) is 96.3 Å². The molecule has 12 heteroatoms. The second kappa shape index (κ2) is 18.8. The van der Waals surface area contributed by atoms with E-state index in [1.165, 1.54) is 0 Å². The second-order valence-corrected chi connectivity index (χ2v) is 14.8. The highest BCUT2D eigenvalue weighted by Crippen LogP contribution is 2.40. The van der Waals surface area contributed by atoms with Crippen molar-refractivity contribution in [2.24, 2.45) is 22.8 Å². The molecule has 2 aromatic carbocycles. The highest BCUT2D eigenvalue weighted by molar-refractivity contribution is 5.95. The van der Waals surface area contributed by atoms with Gasteiger partial charge in [0.2, 0.25) is 29.5 Å². The lowest BCUT2D eigenvalue weighted by molar-refractivity contribution is -0.153. The van der Waals surface area contributed by atoms with E-state index < -0.39 is 41.9 Å². The molecule has 1 unspecified atom stereocenters. The Labute approximate surface area is 302 Å². The molecule has 2 aliphatic heterocycles. The number of hydrogen-bond donors (Lipinski definition) is 5. The van der Waals surface area contributed by atoms with Crippen LogP contribution < -0.4 is 27.4 Å². The quantitative estimate of drug-likeness (QED) is 0.156. The van der Waals surface area contributed by atoms with E-state index in [1.807, 2.05) is 79.4 Å². The van der Waals surface area contributed by atoms with E-state index in [0.717, 1.165) is 24.0 Å². The number of rotatable bonds is 17. The van der Waals surface area contributed by atoms with Crippen LogP contribution in [0.2, 0.25) is 0 Å². The zero-order valence-corrected chi connectivity index (χ0v) is 30.4. The van der Waals surface area contributed by atoms with Gasteiger partial charge < -0.3 is 37.2 Å². The van der Waals surface area contributed by atoms with Crippen LogP contribution in [0.15, 0.2) is 60.7 Å². The number of carbonyl (C=O) groups excluding carboxylic acids is 5. The summed E-state index contributed by atoms with van der Waals surface area (Å²) in [6, 6.07) is 15.2. The topological polar surface area (TPSA) is 180 Å². The SMILES string of the molecule is CC(=O)N1CCC2(CC1)CN(C(=O)[C@@H](CCCCN)NC(=O)C(CC(C)C)NC(=O)[C@@H](Cc1ccccc1)NC(=O)[C@H](N)Cc1ccccc1)C2. The van der Waals surface area contributed by atoms with Gasteiger partial charge in [0.15, 0.2) is 0 Å². The van der Waals surface area contributed by atoms with Crippen LogP contribution in [0, 0.1) is 11.3 Å². The average molecular weight is 704 g/mol. The first kappa shape index (κ1) is 39.5. The highest BCUT2D eigenvalue weighted by Gasteiger charge is 2.48. The van der Waals surface area contributed by atoms with Gasteiger partial charge in [0.05, 0.1) is 6.04 Å². The molecule has 0 aromatic heterocycles. The van der Waals surface area contributed by atoms with Crippen molar-refractivity contribution in [1.29, 1.82) is 0 Å². The molecule has 2 aliphatic rings. The fourth-order valence-electron chi connectivity index (χ4n) is 7.05. The van der Waals surface area contributed by atoms with Gasteiger partial charge in [0, 0.05) is 44.9 Å². The summed E-state index contributed by atoms with van der Waals surface area (Å²) in [4.78, 5) is 70.4. The summed E-state index contributed by atoms with van der Waals surface area (Å²) < 4.78 is 0. The average Bonchev–Trinajstić information content (AvgIpc) is 3.09. The molecule has 51 heavy (non-hydrogen) atoms. The molecule has 1 spiro atoms. The van der Waals surface area contributed by atoms with Crippen molar-refractivity contribution in [1.82, 2.24) is 25.8 Å². The van der Waals surface area contributed by atoms with Crippen LogP contribution in [-0.4, -0.2) is 96.2 Å². The maximum Gasteiger partial charge on any atom is 0.245 e. The number of nitrogens with one attached hydrogen (secondary N) is 3. The van der Waals surface area contributed by atoms with Gasteiger partial charge in [0.25, 0.3) is 0 Å². The molecule has 5 amide bonds. The summed E-state index contributed by atoms with van der Waals surface area (Å²) >= 11 is 0. The van der Waals surface area contributed by atoms with Gasteiger partial charge in [-0.05, 0) is 68.5 Å². The predicted molar refractivity (Wildman–Crippen MR) is 197 cm³/mol. The minimum Gasteiger partial charge on any atom is -0.343 e. The Balaban J connectivity index is 1.44. The number of likely N-dealkylation sites (tertiary alicyclic amines) is 2. The van der Waals surface area contributed by atoms with Crippen molar-refractivity contribution in [3.05, 3.63) is 71.8 Å². The molecule has 4 atom stereocenters. The molecule has 2 fully saturated rings. The van der Waals surface area contributed by atoms with E-state index in [0.29, 0.717) is 64.8 Å². The summed E-state index contributed by atoms with van der Waals surface area (Å²) in [6.45, 7) is 8.55. The Bertz CT molecular complexity index is 1450. The molecule has 2 aromatic rings. The molecule has 278 valence electrons. The third kappa shape index (κ3) is 11.6. The molecule has 2 saturated heterocycles. The number of piperidine rings is 1. The maximum atomic E-state index is 13.9. The number of hydrogen-bond acceptors (Lipinski definition) is 7. The van der Waals surface area contributed by atoms with Gasteiger partial charge in [-0.3, -0.25) is 24.0 Å². The molecule has 0 saturated carbocycles. The van der Waals surface area contributed by atoms with E-state index in [1.54, 1.807) is 11.8 Å². The number of amides is 5. The zero-order chi connectivity index (χ0) is 37.0. The van der Waals surface area contributed by atoms with Gasteiger partial charge in [-0.2, -0.15) is 0 Å². The van der Waals surface area contributed by atoms with Crippen LogP contribution in [0.1, 0.15) is 70.4 Å². The normalized spacial score (nSPS) is 17.5. The lowest BCUT2D eigenvalue weighted by atomic mass is 9.71. The third-order valence-electron chi connectivity index (χ3n) is 10.1. The molecule has 0 bridgehead atoms. The van der Waals surface area contributed by atoms with Gasteiger partial charge in [-0.1, -0.05) is 74.5 Å².